The van der Waals surface area contributed by atoms with E-state index in [1.165, 1.54) is 0 Å². The summed E-state index contributed by atoms with van der Waals surface area (Å²) in [5.41, 5.74) is 7.27. The van der Waals surface area contributed by atoms with Gasteiger partial charge in [-0.3, -0.25) is 0 Å². The van der Waals surface area contributed by atoms with E-state index in [0.717, 1.165) is 29.4 Å². The van der Waals surface area contributed by atoms with Crippen molar-refractivity contribution in [3.05, 3.63) is 42.3 Å². The quantitative estimate of drug-likeness (QED) is 0.778. The van der Waals surface area contributed by atoms with E-state index in [9.17, 15) is 0 Å². The minimum absolute atomic E-state index is 0.458. The third-order valence-electron chi connectivity index (χ3n) is 3.55. The SMILES string of the molecule is CC(CN)CCc1nc(-c2ccc3ccccc3n2)no1. The van der Waals surface area contributed by atoms with Crippen LogP contribution in [-0.2, 0) is 6.42 Å². The molecule has 5 nitrogen and oxygen atoms in total. The molecule has 0 bridgehead atoms. The van der Waals surface area contributed by atoms with Crippen LogP contribution in [0.4, 0.5) is 0 Å². The van der Waals surface area contributed by atoms with Crippen LogP contribution in [0.25, 0.3) is 22.4 Å². The number of nitrogens with two attached hydrogens (primary N) is 1. The molecular weight excluding hydrogens is 264 g/mol. The van der Waals surface area contributed by atoms with Crippen molar-refractivity contribution < 1.29 is 4.52 Å². The molecule has 1 aromatic carbocycles. The Hall–Kier alpha value is -2.27. The van der Waals surface area contributed by atoms with Gasteiger partial charge in [-0.15, -0.1) is 0 Å². The molecule has 2 aromatic heterocycles. The molecule has 0 saturated carbocycles. The highest BCUT2D eigenvalue weighted by molar-refractivity contribution is 5.80. The molecule has 0 amide bonds. The van der Waals surface area contributed by atoms with Crippen LogP contribution in [0.5, 0.6) is 0 Å². The summed E-state index contributed by atoms with van der Waals surface area (Å²) in [4.78, 5) is 8.98. The molecule has 0 saturated heterocycles. The molecule has 0 aliphatic carbocycles. The molecule has 3 aromatic rings. The standard InChI is InChI=1S/C16H18N4O/c1-11(10-17)6-9-15-19-16(20-21-15)14-8-7-12-4-2-3-5-13(12)18-14/h2-5,7-8,11H,6,9-10,17H2,1H3. The normalized spacial score (nSPS) is 12.7. The van der Waals surface area contributed by atoms with Crippen LogP contribution in [-0.4, -0.2) is 21.7 Å². The molecule has 2 heterocycles. The lowest BCUT2D eigenvalue weighted by Gasteiger charge is -2.03. The van der Waals surface area contributed by atoms with Gasteiger partial charge in [0.15, 0.2) is 0 Å². The topological polar surface area (TPSA) is 77.8 Å². The van der Waals surface area contributed by atoms with Gasteiger partial charge in [0, 0.05) is 11.8 Å². The van der Waals surface area contributed by atoms with Crippen LogP contribution in [0.3, 0.4) is 0 Å². The molecule has 0 aliphatic heterocycles. The maximum Gasteiger partial charge on any atom is 0.227 e. The van der Waals surface area contributed by atoms with Crippen LogP contribution in [0.15, 0.2) is 40.9 Å². The van der Waals surface area contributed by atoms with Gasteiger partial charge in [-0.2, -0.15) is 4.98 Å². The number of fused-ring (bicyclic) bond motifs is 1. The van der Waals surface area contributed by atoms with Gasteiger partial charge in [0.2, 0.25) is 11.7 Å². The largest absolute Gasteiger partial charge is 0.339 e. The van der Waals surface area contributed by atoms with Crippen molar-refractivity contribution in [2.75, 3.05) is 6.54 Å². The van der Waals surface area contributed by atoms with Gasteiger partial charge in [-0.05, 0) is 31.0 Å². The van der Waals surface area contributed by atoms with Crippen molar-refractivity contribution in [3.8, 4) is 11.5 Å². The molecule has 1 atom stereocenters. The molecule has 0 spiro atoms. The molecule has 108 valence electrons. The first kappa shape index (κ1) is 13.7. The highest BCUT2D eigenvalue weighted by Crippen LogP contribution is 2.19. The van der Waals surface area contributed by atoms with Crippen molar-refractivity contribution in [3.63, 3.8) is 0 Å². The van der Waals surface area contributed by atoms with Crippen molar-refractivity contribution in [2.45, 2.75) is 19.8 Å². The van der Waals surface area contributed by atoms with Crippen LogP contribution < -0.4 is 5.73 Å². The molecular formula is C16H18N4O. The molecule has 0 fully saturated rings. The number of aryl methyl sites for hydroxylation is 1. The number of hydrogen-bond acceptors (Lipinski definition) is 5. The van der Waals surface area contributed by atoms with Gasteiger partial charge < -0.3 is 10.3 Å². The second-order valence-corrected chi connectivity index (χ2v) is 5.28. The van der Waals surface area contributed by atoms with E-state index >= 15 is 0 Å². The van der Waals surface area contributed by atoms with Crippen molar-refractivity contribution in [1.82, 2.24) is 15.1 Å². The summed E-state index contributed by atoms with van der Waals surface area (Å²) in [6.07, 6.45) is 1.70. The molecule has 5 heteroatoms. The van der Waals surface area contributed by atoms with Crippen LogP contribution >= 0.6 is 0 Å². The Bertz CT molecular complexity index is 738. The molecule has 0 radical (unpaired) electrons. The fourth-order valence-corrected chi connectivity index (χ4v) is 2.14. The highest BCUT2D eigenvalue weighted by atomic mass is 16.5. The maximum absolute atomic E-state index is 5.61. The summed E-state index contributed by atoms with van der Waals surface area (Å²) in [7, 11) is 0. The van der Waals surface area contributed by atoms with E-state index in [1.54, 1.807) is 0 Å². The summed E-state index contributed by atoms with van der Waals surface area (Å²) in [5.74, 6) is 1.63. The number of nitrogens with zero attached hydrogens (tertiary/aromatic N) is 3. The van der Waals surface area contributed by atoms with Gasteiger partial charge in [0.1, 0.15) is 5.69 Å². The van der Waals surface area contributed by atoms with E-state index in [-0.39, 0.29) is 0 Å². The number of aromatic nitrogens is 3. The summed E-state index contributed by atoms with van der Waals surface area (Å²) in [6, 6.07) is 11.9. The number of hydrogen-bond donors (Lipinski definition) is 1. The van der Waals surface area contributed by atoms with Crippen molar-refractivity contribution >= 4 is 10.9 Å². The van der Waals surface area contributed by atoms with E-state index in [2.05, 4.69) is 22.0 Å². The van der Waals surface area contributed by atoms with Crippen molar-refractivity contribution in [1.29, 1.82) is 0 Å². The van der Waals surface area contributed by atoms with Crippen LogP contribution in [0.2, 0.25) is 0 Å². The van der Waals surface area contributed by atoms with E-state index < -0.39 is 0 Å². The molecule has 21 heavy (non-hydrogen) atoms. The Balaban J connectivity index is 1.81. The third-order valence-corrected chi connectivity index (χ3v) is 3.55. The first-order valence-electron chi connectivity index (χ1n) is 7.15. The zero-order valence-corrected chi connectivity index (χ0v) is 12.0. The van der Waals surface area contributed by atoms with Gasteiger partial charge in [0.05, 0.1) is 5.52 Å². The lowest BCUT2D eigenvalue weighted by atomic mass is 10.1. The predicted molar refractivity (Wildman–Crippen MR) is 81.6 cm³/mol. The average Bonchev–Trinajstić information content (AvgIpc) is 3.01. The fraction of sp³-hybridized carbons (Fsp3) is 0.312. The van der Waals surface area contributed by atoms with Gasteiger partial charge in [0.25, 0.3) is 0 Å². The van der Waals surface area contributed by atoms with E-state index in [1.807, 2.05) is 36.4 Å². The fourth-order valence-electron chi connectivity index (χ4n) is 2.14. The number of para-hydroxylation sites is 1. The summed E-state index contributed by atoms with van der Waals surface area (Å²) in [6.45, 7) is 2.79. The van der Waals surface area contributed by atoms with E-state index in [0.29, 0.717) is 24.2 Å². The zero-order valence-electron chi connectivity index (χ0n) is 12.0. The predicted octanol–water partition coefficient (Wildman–Crippen LogP) is 2.81. The van der Waals surface area contributed by atoms with Crippen molar-refractivity contribution in [2.24, 2.45) is 11.7 Å². The molecule has 3 rings (SSSR count). The van der Waals surface area contributed by atoms with Gasteiger partial charge >= 0.3 is 0 Å². The Morgan fingerprint density at radius 2 is 2.00 bits per heavy atom. The monoisotopic (exact) mass is 282 g/mol. The zero-order chi connectivity index (χ0) is 14.7. The second-order valence-electron chi connectivity index (χ2n) is 5.28. The number of benzene rings is 1. The highest BCUT2D eigenvalue weighted by Gasteiger charge is 2.11. The van der Waals surface area contributed by atoms with Gasteiger partial charge in [-0.1, -0.05) is 36.3 Å². The second kappa shape index (κ2) is 6.01. The maximum atomic E-state index is 5.61. The minimum Gasteiger partial charge on any atom is -0.339 e. The first-order valence-corrected chi connectivity index (χ1v) is 7.15. The first-order chi connectivity index (χ1) is 10.3. The Morgan fingerprint density at radius 3 is 2.86 bits per heavy atom. The van der Waals surface area contributed by atoms with Gasteiger partial charge in [-0.25, -0.2) is 4.98 Å². The van der Waals surface area contributed by atoms with Crippen LogP contribution in [0, 0.1) is 5.92 Å². The third kappa shape index (κ3) is 3.08. The average molecular weight is 282 g/mol. The Morgan fingerprint density at radius 1 is 1.14 bits per heavy atom. The smallest absolute Gasteiger partial charge is 0.227 e. The minimum atomic E-state index is 0.458. The molecule has 0 aliphatic rings. The number of pyridine rings is 1. The summed E-state index contributed by atoms with van der Waals surface area (Å²) in [5, 5.41) is 5.12. The molecule has 2 N–H and O–H groups in total. The van der Waals surface area contributed by atoms with E-state index in [4.69, 9.17) is 10.3 Å². The Labute approximate surface area is 123 Å². The summed E-state index contributed by atoms with van der Waals surface area (Å²) < 4.78 is 5.28. The lowest BCUT2D eigenvalue weighted by Crippen LogP contribution is -2.11. The van der Waals surface area contributed by atoms with Crippen LogP contribution in [0.1, 0.15) is 19.2 Å². The molecule has 1 unspecified atom stereocenters. The summed E-state index contributed by atoms with van der Waals surface area (Å²) >= 11 is 0. The number of rotatable bonds is 5. The lowest BCUT2D eigenvalue weighted by molar-refractivity contribution is 0.366. The Kier molecular flexibility index (Phi) is 3.92.